The maximum Gasteiger partial charge on any atom is 0.116 e. The van der Waals surface area contributed by atoms with Crippen LogP contribution in [0.5, 0.6) is 0 Å². The lowest BCUT2D eigenvalue weighted by atomic mass is 9.97. The summed E-state index contributed by atoms with van der Waals surface area (Å²) in [6.07, 6.45) is 1.09. The molecule has 0 bridgehead atoms. The van der Waals surface area contributed by atoms with Gasteiger partial charge < -0.3 is 4.74 Å². The standard InChI is InChI=1S/C13H20OSi/c1-5-13(11-9-7-6-8-10-11)12(14-13)15(2,3)4/h6-10,12H,5H2,1-4H3/t12-,13?/m1/s1. The van der Waals surface area contributed by atoms with Crippen LogP contribution < -0.4 is 0 Å². The first-order chi connectivity index (χ1) is 7.00. The summed E-state index contributed by atoms with van der Waals surface area (Å²) in [6.45, 7) is 9.39. The van der Waals surface area contributed by atoms with Crippen molar-refractivity contribution in [1.29, 1.82) is 0 Å². The molecule has 1 nitrogen and oxygen atoms in total. The van der Waals surface area contributed by atoms with E-state index < -0.39 is 8.07 Å². The Morgan fingerprint density at radius 2 is 1.80 bits per heavy atom. The summed E-state index contributed by atoms with van der Waals surface area (Å²) < 4.78 is 6.07. The molecule has 2 heteroatoms. The third-order valence-electron chi connectivity index (χ3n) is 3.27. The van der Waals surface area contributed by atoms with Gasteiger partial charge in [-0.15, -0.1) is 0 Å². The van der Waals surface area contributed by atoms with Crippen LogP contribution in [0.1, 0.15) is 18.9 Å². The van der Waals surface area contributed by atoms with Crippen molar-refractivity contribution in [3.63, 3.8) is 0 Å². The Hall–Kier alpha value is -0.603. The second-order valence-corrected chi connectivity index (χ2v) is 10.7. The molecule has 2 atom stereocenters. The van der Waals surface area contributed by atoms with Gasteiger partial charge in [-0.05, 0) is 12.0 Å². The zero-order valence-corrected chi connectivity index (χ0v) is 11.1. The van der Waals surface area contributed by atoms with Gasteiger partial charge >= 0.3 is 0 Å². The number of epoxide rings is 1. The van der Waals surface area contributed by atoms with Crippen LogP contribution in [0.4, 0.5) is 0 Å². The first-order valence-electron chi connectivity index (χ1n) is 5.74. The van der Waals surface area contributed by atoms with Gasteiger partial charge in [0.15, 0.2) is 0 Å². The van der Waals surface area contributed by atoms with E-state index in [1.165, 1.54) is 5.56 Å². The smallest absolute Gasteiger partial charge is 0.116 e. The molecule has 1 fully saturated rings. The fraction of sp³-hybridized carbons (Fsp3) is 0.538. The van der Waals surface area contributed by atoms with Gasteiger partial charge in [0.1, 0.15) is 5.60 Å². The predicted octanol–water partition coefficient (Wildman–Crippen LogP) is 3.57. The molecular formula is C13H20OSi. The van der Waals surface area contributed by atoms with Gasteiger partial charge in [0.05, 0.1) is 13.8 Å². The fourth-order valence-electron chi connectivity index (χ4n) is 2.47. The van der Waals surface area contributed by atoms with Crippen LogP contribution >= 0.6 is 0 Å². The van der Waals surface area contributed by atoms with Gasteiger partial charge in [0.2, 0.25) is 0 Å². The molecule has 0 spiro atoms. The minimum absolute atomic E-state index is 0.0474. The molecule has 0 radical (unpaired) electrons. The third-order valence-corrected chi connectivity index (χ3v) is 5.43. The third kappa shape index (κ3) is 1.77. The van der Waals surface area contributed by atoms with Crippen molar-refractivity contribution in [2.45, 2.75) is 44.3 Å². The molecule has 1 aromatic rings. The number of benzene rings is 1. The lowest BCUT2D eigenvalue weighted by Crippen LogP contribution is -2.33. The SMILES string of the molecule is CCC1(c2ccccc2)O[C@@H]1[Si](C)(C)C. The highest BCUT2D eigenvalue weighted by Crippen LogP contribution is 2.52. The normalized spacial score (nSPS) is 30.3. The van der Waals surface area contributed by atoms with Crippen molar-refractivity contribution in [3.05, 3.63) is 35.9 Å². The highest BCUT2D eigenvalue weighted by Gasteiger charge is 2.61. The van der Waals surface area contributed by atoms with E-state index in [-0.39, 0.29) is 5.60 Å². The zero-order valence-electron chi connectivity index (χ0n) is 10.1. The van der Waals surface area contributed by atoms with E-state index in [2.05, 4.69) is 56.9 Å². The predicted molar refractivity (Wildman–Crippen MR) is 66.6 cm³/mol. The van der Waals surface area contributed by atoms with Crippen molar-refractivity contribution in [1.82, 2.24) is 0 Å². The van der Waals surface area contributed by atoms with Gasteiger partial charge in [0.25, 0.3) is 0 Å². The summed E-state index contributed by atoms with van der Waals surface area (Å²) in [4.78, 5) is 0. The number of rotatable bonds is 3. The van der Waals surface area contributed by atoms with Crippen LogP contribution in [0.15, 0.2) is 30.3 Å². The second-order valence-electron chi connectivity index (χ2n) is 5.47. The minimum Gasteiger partial charge on any atom is -0.365 e. The highest BCUT2D eigenvalue weighted by atomic mass is 28.3. The first-order valence-corrected chi connectivity index (χ1v) is 9.32. The van der Waals surface area contributed by atoms with E-state index in [4.69, 9.17) is 4.74 Å². The van der Waals surface area contributed by atoms with Crippen LogP contribution in [0, 0.1) is 0 Å². The topological polar surface area (TPSA) is 12.5 Å². The van der Waals surface area contributed by atoms with Gasteiger partial charge in [-0.2, -0.15) is 0 Å². The lowest BCUT2D eigenvalue weighted by Gasteiger charge is -2.17. The lowest BCUT2D eigenvalue weighted by molar-refractivity contribution is 0.297. The summed E-state index contributed by atoms with van der Waals surface area (Å²) in [7, 11) is -1.18. The average Bonchev–Trinajstić information content (AvgIpc) is 2.94. The maximum absolute atomic E-state index is 6.07. The van der Waals surface area contributed by atoms with E-state index in [1.54, 1.807) is 0 Å². The molecule has 2 rings (SSSR count). The largest absolute Gasteiger partial charge is 0.365 e. The Labute approximate surface area is 93.5 Å². The molecule has 0 aliphatic carbocycles. The monoisotopic (exact) mass is 220 g/mol. The molecule has 1 saturated heterocycles. The number of hydrogen-bond acceptors (Lipinski definition) is 1. The van der Waals surface area contributed by atoms with Crippen molar-refractivity contribution >= 4 is 8.07 Å². The Bertz CT molecular complexity index is 341. The summed E-state index contributed by atoms with van der Waals surface area (Å²) in [6, 6.07) is 10.7. The zero-order chi connectivity index (χ0) is 11.1. The van der Waals surface area contributed by atoms with E-state index in [0.29, 0.717) is 5.73 Å². The van der Waals surface area contributed by atoms with E-state index in [1.807, 2.05) is 0 Å². The molecule has 0 amide bonds. The molecule has 15 heavy (non-hydrogen) atoms. The van der Waals surface area contributed by atoms with E-state index in [9.17, 15) is 0 Å². The summed E-state index contributed by atoms with van der Waals surface area (Å²) in [5, 5.41) is 0. The van der Waals surface area contributed by atoms with Crippen LogP contribution in [0.25, 0.3) is 0 Å². The van der Waals surface area contributed by atoms with Crippen molar-refractivity contribution in [2.24, 2.45) is 0 Å². The van der Waals surface area contributed by atoms with Crippen LogP contribution in [0.2, 0.25) is 19.6 Å². The first kappa shape index (κ1) is 10.9. The minimum atomic E-state index is -1.18. The molecule has 1 unspecified atom stereocenters. The van der Waals surface area contributed by atoms with Crippen molar-refractivity contribution < 1.29 is 4.74 Å². The molecule has 0 aromatic heterocycles. The highest BCUT2D eigenvalue weighted by molar-refractivity contribution is 6.78. The molecule has 0 saturated carbocycles. The number of ether oxygens (including phenoxy) is 1. The van der Waals surface area contributed by atoms with E-state index in [0.717, 1.165) is 6.42 Å². The molecule has 82 valence electrons. The van der Waals surface area contributed by atoms with Crippen LogP contribution in [-0.2, 0) is 10.3 Å². The quantitative estimate of drug-likeness (QED) is 0.560. The molecule has 1 heterocycles. The van der Waals surface area contributed by atoms with Gasteiger partial charge in [-0.1, -0.05) is 56.9 Å². The Morgan fingerprint density at radius 1 is 1.20 bits per heavy atom. The van der Waals surface area contributed by atoms with Crippen molar-refractivity contribution in [3.8, 4) is 0 Å². The number of hydrogen-bond donors (Lipinski definition) is 0. The summed E-state index contributed by atoms with van der Waals surface area (Å²) in [5.74, 6) is 0. The van der Waals surface area contributed by atoms with Crippen LogP contribution in [-0.4, -0.2) is 13.8 Å². The van der Waals surface area contributed by atoms with Crippen molar-refractivity contribution in [2.75, 3.05) is 0 Å². The molecule has 1 aliphatic heterocycles. The average molecular weight is 220 g/mol. The summed E-state index contributed by atoms with van der Waals surface area (Å²) in [5.41, 5.74) is 1.91. The molecule has 0 N–H and O–H groups in total. The summed E-state index contributed by atoms with van der Waals surface area (Å²) >= 11 is 0. The van der Waals surface area contributed by atoms with Crippen LogP contribution in [0.3, 0.4) is 0 Å². The molecular weight excluding hydrogens is 200 g/mol. The fourth-order valence-corrected chi connectivity index (χ4v) is 4.80. The van der Waals surface area contributed by atoms with E-state index >= 15 is 0 Å². The van der Waals surface area contributed by atoms with Gasteiger partial charge in [-0.25, -0.2) is 0 Å². The van der Waals surface area contributed by atoms with Gasteiger partial charge in [0, 0.05) is 0 Å². The Morgan fingerprint density at radius 3 is 2.20 bits per heavy atom. The van der Waals surface area contributed by atoms with Gasteiger partial charge in [-0.3, -0.25) is 0 Å². The Kier molecular flexibility index (Phi) is 2.51. The molecule has 1 aromatic carbocycles. The maximum atomic E-state index is 6.07. The second kappa shape index (κ2) is 3.46. The molecule has 1 aliphatic rings. The Balaban J connectivity index is 2.29.